The van der Waals surface area contributed by atoms with Crippen molar-refractivity contribution in [2.75, 3.05) is 44.2 Å². The van der Waals surface area contributed by atoms with E-state index in [1.807, 2.05) is 13.0 Å². The SMILES string of the molecule is Cc1ccc(S(=O)(=O)N2CCN(C(=O)c3cccnc3N3CCCCC3)CC2)cc1. The van der Waals surface area contributed by atoms with Gasteiger partial charge in [0.25, 0.3) is 5.91 Å². The van der Waals surface area contributed by atoms with Crippen molar-refractivity contribution < 1.29 is 13.2 Å². The topological polar surface area (TPSA) is 73.8 Å². The molecule has 0 radical (unpaired) electrons. The van der Waals surface area contributed by atoms with E-state index in [0.717, 1.165) is 37.3 Å². The molecule has 0 unspecified atom stereocenters. The van der Waals surface area contributed by atoms with Crippen molar-refractivity contribution in [2.45, 2.75) is 31.1 Å². The number of benzene rings is 1. The number of piperidine rings is 1. The number of sulfonamides is 1. The number of rotatable bonds is 4. The highest BCUT2D eigenvalue weighted by molar-refractivity contribution is 7.89. The van der Waals surface area contributed by atoms with Gasteiger partial charge >= 0.3 is 0 Å². The fraction of sp³-hybridized carbons (Fsp3) is 0.455. The van der Waals surface area contributed by atoms with Crippen LogP contribution in [-0.2, 0) is 10.0 Å². The molecule has 2 fully saturated rings. The second kappa shape index (κ2) is 8.73. The first-order chi connectivity index (χ1) is 14.5. The Balaban J connectivity index is 1.46. The van der Waals surface area contributed by atoms with Crippen LogP contribution in [-0.4, -0.2) is 67.8 Å². The van der Waals surface area contributed by atoms with Crippen molar-refractivity contribution in [1.29, 1.82) is 0 Å². The van der Waals surface area contributed by atoms with Gasteiger partial charge in [0.1, 0.15) is 5.82 Å². The molecule has 2 aliphatic rings. The lowest BCUT2D eigenvalue weighted by molar-refractivity contribution is 0.0698. The van der Waals surface area contributed by atoms with E-state index in [2.05, 4.69) is 9.88 Å². The minimum atomic E-state index is -3.54. The molecule has 0 atom stereocenters. The zero-order valence-electron chi connectivity index (χ0n) is 17.3. The first-order valence-corrected chi connectivity index (χ1v) is 12.0. The van der Waals surface area contributed by atoms with Crippen LogP contribution in [0.3, 0.4) is 0 Å². The second-order valence-electron chi connectivity index (χ2n) is 7.93. The van der Waals surface area contributed by atoms with Gasteiger partial charge in [-0.3, -0.25) is 4.79 Å². The number of aryl methyl sites for hydroxylation is 1. The van der Waals surface area contributed by atoms with E-state index in [4.69, 9.17) is 0 Å². The van der Waals surface area contributed by atoms with Crippen LogP contribution in [0, 0.1) is 6.92 Å². The monoisotopic (exact) mass is 428 g/mol. The molecule has 0 N–H and O–H groups in total. The van der Waals surface area contributed by atoms with Gasteiger partial charge in [0.05, 0.1) is 10.5 Å². The molecule has 7 nitrogen and oxygen atoms in total. The van der Waals surface area contributed by atoms with Crippen molar-refractivity contribution in [3.8, 4) is 0 Å². The third-order valence-corrected chi connectivity index (χ3v) is 7.77. The molecule has 1 aromatic carbocycles. The van der Waals surface area contributed by atoms with Crippen LogP contribution in [0.5, 0.6) is 0 Å². The van der Waals surface area contributed by atoms with Gasteiger partial charge < -0.3 is 9.80 Å². The number of piperazine rings is 1. The minimum Gasteiger partial charge on any atom is -0.356 e. The number of carbonyl (C=O) groups is 1. The lowest BCUT2D eigenvalue weighted by Crippen LogP contribution is -2.50. The predicted octanol–water partition coefficient (Wildman–Crippen LogP) is 2.53. The summed E-state index contributed by atoms with van der Waals surface area (Å²) in [6.07, 6.45) is 5.16. The number of aromatic nitrogens is 1. The number of hydrogen-bond acceptors (Lipinski definition) is 5. The smallest absolute Gasteiger partial charge is 0.257 e. The normalized spacial score (nSPS) is 18.4. The van der Waals surface area contributed by atoms with Crippen molar-refractivity contribution in [3.63, 3.8) is 0 Å². The Morgan fingerprint density at radius 3 is 2.23 bits per heavy atom. The molecule has 30 heavy (non-hydrogen) atoms. The lowest BCUT2D eigenvalue weighted by Gasteiger charge is -2.35. The van der Waals surface area contributed by atoms with E-state index in [1.54, 1.807) is 41.4 Å². The van der Waals surface area contributed by atoms with Crippen LogP contribution in [0.4, 0.5) is 5.82 Å². The molecule has 0 saturated carbocycles. The Bertz CT molecular complexity index is 993. The van der Waals surface area contributed by atoms with Gasteiger partial charge in [-0.1, -0.05) is 17.7 Å². The lowest BCUT2D eigenvalue weighted by atomic mass is 10.1. The summed E-state index contributed by atoms with van der Waals surface area (Å²) in [5.74, 6) is 0.674. The standard InChI is InChI=1S/C22H28N4O3S/c1-18-7-9-19(10-8-18)30(28,29)26-16-14-25(15-17-26)22(27)20-6-5-11-23-21(20)24-12-3-2-4-13-24/h5-11H,2-4,12-17H2,1H3. The molecule has 3 heterocycles. The van der Waals surface area contributed by atoms with Crippen molar-refractivity contribution >= 4 is 21.7 Å². The maximum absolute atomic E-state index is 13.2. The zero-order chi connectivity index (χ0) is 21.1. The van der Waals surface area contributed by atoms with E-state index in [0.29, 0.717) is 36.6 Å². The molecule has 0 spiro atoms. The maximum atomic E-state index is 13.2. The van der Waals surface area contributed by atoms with Crippen LogP contribution in [0.1, 0.15) is 35.2 Å². The van der Waals surface area contributed by atoms with Crippen LogP contribution < -0.4 is 4.90 Å². The summed E-state index contributed by atoms with van der Waals surface area (Å²) in [6.45, 7) is 5.09. The number of pyridine rings is 1. The molecule has 0 aliphatic carbocycles. The summed E-state index contributed by atoms with van der Waals surface area (Å²) in [5, 5.41) is 0. The Kier molecular flexibility index (Phi) is 6.06. The molecule has 2 aliphatic heterocycles. The van der Waals surface area contributed by atoms with Gasteiger partial charge in [-0.2, -0.15) is 4.31 Å². The Morgan fingerprint density at radius 2 is 1.57 bits per heavy atom. The molecular formula is C22H28N4O3S. The molecule has 160 valence electrons. The van der Waals surface area contributed by atoms with E-state index >= 15 is 0 Å². The second-order valence-corrected chi connectivity index (χ2v) is 9.87. The highest BCUT2D eigenvalue weighted by Gasteiger charge is 2.31. The van der Waals surface area contributed by atoms with Gasteiger partial charge in [-0.25, -0.2) is 13.4 Å². The van der Waals surface area contributed by atoms with Gasteiger partial charge in [0, 0.05) is 45.5 Å². The minimum absolute atomic E-state index is 0.0731. The highest BCUT2D eigenvalue weighted by atomic mass is 32.2. The molecular weight excluding hydrogens is 400 g/mol. The zero-order valence-corrected chi connectivity index (χ0v) is 18.1. The predicted molar refractivity (Wildman–Crippen MR) is 116 cm³/mol. The summed E-state index contributed by atoms with van der Waals surface area (Å²) in [4.78, 5) is 21.9. The summed E-state index contributed by atoms with van der Waals surface area (Å²) in [5.41, 5.74) is 1.62. The van der Waals surface area contributed by atoms with Gasteiger partial charge in [-0.15, -0.1) is 0 Å². The summed E-state index contributed by atoms with van der Waals surface area (Å²) in [7, 11) is -3.54. The average molecular weight is 429 g/mol. The van der Waals surface area contributed by atoms with Crippen molar-refractivity contribution in [1.82, 2.24) is 14.2 Å². The summed E-state index contributed by atoms with van der Waals surface area (Å²) >= 11 is 0. The van der Waals surface area contributed by atoms with Crippen molar-refractivity contribution in [3.05, 3.63) is 53.7 Å². The van der Waals surface area contributed by atoms with Gasteiger partial charge in [0.15, 0.2) is 0 Å². The van der Waals surface area contributed by atoms with E-state index in [9.17, 15) is 13.2 Å². The molecule has 1 aromatic heterocycles. The Labute approximate surface area is 178 Å². The fourth-order valence-corrected chi connectivity index (χ4v) is 5.50. The maximum Gasteiger partial charge on any atom is 0.257 e. The van der Waals surface area contributed by atoms with Gasteiger partial charge in [0.2, 0.25) is 10.0 Å². The number of hydrogen-bond donors (Lipinski definition) is 0. The largest absolute Gasteiger partial charge is 0.356 e. The van der Waals surface area contributed by atoms with Crippen LogP contribution in [0.15, 0.2) is 47.5 Å². The third-order valence-electron chi connectivity index (χ3n) is 5.86. The molecule has 2 aromatic rings. The van der Waals surface area contributed by atoms with Crippen LogP contribution in [0.25, 0.3) is 0 Å². The Hall–Kier alpha value is -2.45. The number of amides is 1. The molecule has 2 saturated heterocycles. The van der Waals surface area contributed by atoms with Gasteiger partial charge in [-0.05, 0) is 50.5 Å². The molecule has 4 rings (SSSR count). The third kappa shape index (κ3) is 4.20. The van der Waals surface area contributed by atoms with E-state index < -0.39 is 10.0 Å². The summed E-state index contributed by atoms with van der Waals surface area (Å²) < 4.78 is 27.3. The molecule has 1 amide bonds. The quantitative estimate of drug-likeness (QED) is 0.748. The van der Waals surface area contributed by atoms with Crippen LogP contribution in [0.2, 0.25) is 0 Å². The highest BCUT2D eigenvalue weighted by Crippen LogP contribution is 2.24. The molecule has 0 bridgehead atoms. The van der Waals surface area contributed by atoms with Crippen molar-refractivity contribution in [2.24, 2.45) is 0 Å². The fourth-order valence-electron chi connectivity index (χ4n) is 4.08. The first kappa shape index (κ1) is 20.8. The molecule has 8 heteroatoms. The van der Waals surface area contributed by atoms with Crippen LogP contribution >= 0.6 is 0 Å². The average Bonchev–Trinajstić information content (AvgIpc) is 2.79. The number of nitrogens with zero attached hydrogens (tertiary/aromatic N) is 4. The summed E-state index contributed by atoms with van der Waals surface area (Å²) in [6, 6.07) is 10.5. The number of carbonyl (C=O) groups excluding carboxylic acids is 1. The Morgan fingerprint density at radius 1 is 0.900 bits per heavy atom. The first-order valence-electron chi connectivity index (χ1n) is 10.5. The number of anilines is 1. The van der Waals surface area contributed by atoms with E-state index in [-0.39, 0.29) is 5.91 Å². The van der Waals surface area contributed by atoms with E-state index in [1.165, 1.54) is 10.7 Å².